The van der Waals surface area contributed by atoms with Gasteiger partial charge in [0.25, 0.3) is 0 Å². The average molecular weight is 268 g/mol. The Morgan fingerprint density at radius 2 is 1.68 bits per heavy atom. The van der Waals surface area contributed by atoms with Crippen molar-refractivity contribution in [1.29, 1.82) is 0 Å². The van der Waals surface area contributed by atoms with E-state index in [9.17, 15) is 0 Å². The lowest BCUT2D eigenvalue weighted by Gasteiger charge is -2.27. The Morgan fingerprint density at radius 3 is 2.47 bits per heavy atom. The van der Waals surface area contributed by atoms with Crippen molar-refractivity contribution in [2.75, 3.05) is 5.32 Å². The summed E-state index contributed by atoms with van der Waals surface area (Å²) in [4.78, 5) is 0.862. The standard InChI is InChI=1S/C16H16N2S/c19-16(18-14-8-2-1-3-9-14)15-10-12-6-4-5-7-13(12)11-17-15/h1-9,15,17H,10-11H2,(H,18,19). The van der Waals surface area contributed by atoms with Crippen molar-refractivity contribution in [2.24, 2.45) is 0 Å². The molecule has 0 aliphatic carbocycles. The minimum atomic E-state index is 0.213. The molecule has 2 N–H and O–H groups in total. The first-order valence-electron chi connectivity index (χ1n) is 6.49. The molecule has 1 atom stereocenters. The molecule has 0 amide bonds. The molecule has 2 aromatic carbocycles. The van der Waals surface area contributed by atoms with Crippen molar-refractivity contribution in [2.45, 2.75) is 19.0 Å². The summed E-state index contributed by atoms with van der Waals surface area (Å²) in [6, 6.07) is 18.8. The van der Waals surface area contributed by atoms with E-state index in [0.717, 1.165) is 23.6 Å². The lowest BCUT2D eigenvalue weighted by atomic mass is 9.96. The summed E-state index contributed by atoms with van der Waals surface area (Å²) in [5.74, 6) is 0. The summed E-state index contributed by atoms with van der Waals surface area (Å²) in [6.07, 6.45) is 0.953. The zero-order valence-electron chi connectivity index (χ0n) is 10.6. The predicted octanol–water partition coefficient (Wildman–Crippen LogP) is 3.14. The number of fused-ring (bicyclic) bond motifs is 1. The number of hydrogen-bond donors (Lipinski definition) is 2. The maximum Gasteiger partial charge on any atom is 0.0973 e. The molecule has 1 aliphatic rings. The van der Waals surface area contributed by atoms with Crippen LogP contribution in [-0.2, 0) is 13.0 Å². The fourth-order valence-corrected chi connectivity index (χ4v) is 2.68. The van der Waals surface area contributed by atoms with E-state index in [0.29, 0.717) is 0 Å². The lowest BCUT2D eigenvalue weighted by Crippen LogP contribution is -2.43. The molecule has 0 spiro atoms. The number of hydrogen-bond acceptors (Lipinski definition) is 2. The Hall–Kier alpha value is -1.71. The van der Waals surface area contributed by atoms with Gasteiger partial charge < -0.3 is 10.6 Å². The zero-order valence-corrected chi connectivity index (χ0v) is 11.4. The number of nitrogens with one attached hydrogen (secondary N) is 2. The Balaban J connectivity index is 1.70. The monoisotopic (exact) mass is 268 g/mol. The minimum absolute atomic E-state index is 0.213. The van der Waals surface area contributed by atoms with Crippen LogP contribution in [0.2, 0.25) is 0 Å². The molecule has 0 radical (unpaired) electrons. The maximum atomic E-state index is 5.51. The summed E-state index contributed by atoms with van der Waals surface area (Å²) in [5, 5.41) is 6.80. The first-order chi connectivity index (χ1) is 9.33. The third-order valence-corrected chi connectivity index (χ3v) is 3.83. The van der Waals surface area contributed by atoms with E-state index in [1.165, 1.54) is 11.1 Å². The second kappa shape index (κ2) is 5.51. The SMILES string of the molecule is S=C(Nc1ccccc1)C1Cc2ccccc2CN1. The minimum Gasteiger partial charge on any atom is -0.349 e. The summed E-state index contributed by atoms with van der Waals surface area (Å²) in [7, 11) is 0. The Labute approximate surface area is 118 Å². The maximum absolute atomic E-state index is 5.51. The molecule has 2 aromatic rings. The Bertz CT molecular complexity index is 580. The van der Waals surface area contributed by atoms with E-state index in [1.54, 1.807) is 0 Å². The third kappa shape index (κ3) is 2.83. The van der Waals surface area contributed by atoms with Crippen LogP contribution in [0.1, 0.15) is 11.1 Å². The lowest BCUT2D eigenvalue weighted by molar-refractivity contribution is 0.581. The van der Waals surface area contributed by atoms with Crippen molar-refractivity contribution >= 4 is 22.9 Å². The molecular formula is C16H16N2S. The first kappa shape index (κ1) is 12.3. The highest BCUT2D eigenvalue weighted by molar-refractivity contribution is 7.80. The summed E-state index contributed by atoms with van der Waals surface area (Å²) in [5.41, 5.74) is 3.82. The van der Waals surface area contributed by atoms with Gasteiger partial charge in [0, 0.05) is 12.2 Å². The van der Waals surface area contributed by atoms with Crippen molar-refractivity contribution in [1.82, 2.24) is 5.32 Å². The van der Waals surface area contributed by atoms with Gasteiger partial charge in [-0.2, -0.15) is 0 Å². The quantitative estimate of drug-likeness (QED) is 0.818. The molecule has 0 aromatic heterocycles. The van der Waals surface area contributed by atoms with Crippen LogP contribution in [0.5, 0.6) is 0 Å². The van der Waals surface area contributed by atoms with Gasteiger partial charge in [-0.3, -0.25) is 0 Å². The largest absolute Gasteiger partial charge is 0.349 e. The Kier molecular flexibility index (Phi) is 3.58. The summed E-state index contributed by atoms with van der Waals surface area (Å²) < 4.78 is 0. The van der Waals surface area contributed by atoms with Crippen LogP contribution < -0.4 is 10.6 Å². The zero-order chi connectivity index (χ0) is 13.1. The van der Waals surface area contributed by atoms with Gasteiger partial charge >= 0.3 is 0 Å². The second-order valence-electron chi connectivity index (χ2n) is 4.76. The fraction of sp³-hybridized carbons (Fsp3) is 0.188. The smallest absolute Gasteiger partial charge is 0.0973 e. The molecular weight excluding hydrogens is 252 g/mol. The van der Waals surface area contributed by atoms with E-state index in [4.69, 9.17) is 12.2 Å². The third-order valence-electron chi connectivity index (χ3n) is 3.44. The van der Waals surface area contributed by atoms with E-state index in [2.05, 4.69) is 34.9 Å². The van der Waals surface area contributed by atoms with Gasteiger partial charge in [0.15, 0.2) is 0 Å². The fourth-order valence-electron chi connectivity index (χ4n) is 2.39. The molecule has 0 saturated carbocycles. The molecule has 1 unspecified atom stereocenters. The molecule has 2 nitrogen and oxygen atoms in total. The van der Waals surface area contributed by atoms with Crippen LogP contribution in [0, 0.1) is 0 Å². The van der Waals surface area contributed by atoms with Crippen LogP contribution in [-0.4, -0.2) is 11.0 Å². The van der Waals surface area contributed by atoms with Gasteiger partial charge in [-0.15, -0.1) is 0 Å². The number of anilines is 1. The van der Waals surface area contributed by atoms with Crippen LogP contribution in [0.25, 0.3) is 0 Å². The van der Waals surface area contributed by atoms with Crippen LogP contribution in [0.4, 0.5) is 5.69 Å². The average Bonchev–Trinajstić information content (AvgIpc) is 2.48. The van der Waals surface area contributed by atoms with Crippen LogP contribution >= 0.6 is 12.2 Å². The normalized spacial score (nSPS) is 17.6. The van der Waals surface area contributed by atoms with Crippen molar-refractivity contribution < 1.29 is 0 Å². The second-order valence-corrected chi connectivity index (χ2v) is 5.20. The number of thiocarbonyl (C=S) groups is 1. The molecule has 19 heavy (non-hydrogen) atoms. The van der Waals surface area contributed by atoms with Crippen LogP contribution in [0.3, 0.4) is 0 Å². The predicted molar refractivity (Wildman–Crippen MR) is 83.4 cm³/mol. The number of benzene rings is 2. The molecule has 0 fully saturated rings. The van der Waals surface area contributed by atoms with Gasteiger partial charge in [0.05, 0.1) is 11.0 Å². The summed E-state index contributed by atoms with van der Waals surface area (Å²) >= 11 is 5.51. The highest BCUT2D eigenvalue weighted by Gasteiger charge is 2.20. The van der Waals surface area contributed by atoms with Gasteiger partial charge in [-0.25, -0.2) is 0 Å². The molecule has 1 heterocycles. The van der Waals surface area contributed by atoms with Gasteiger partial charge in [0.2, 0.25) is 0 Å². The van der Waals surface area contributed by atoms with Gasteiger partial charge in [0.1, 0.15) is 0 Å². The van der Waals surface area contributed by atoms with Crippen molar-refractivity contribution in [3.63, 3.8) is 0 Å². The van der Waals surface area contributed by atoms with Crippen molar-refractivity contribution in [3.8, 4) is 0 Å². The van der Waals surface area contributed by atoms with E-state index < -0.39 is 0 Å². The van der Waals surface area contributed by atoms with Gasteiger partial charge in [-0.05, 0) is 29.7 Å². The highest BCUT2D eigenvalue weighted by Crippen LogP contribution is 2.17. The van der Waals surface area contributed by atoms with Crippen molar-refractivity contribution in [3.05, 3.63) is 65.7 Å². The molecule has 3 heteroatoms. The first-order valence-corrected chi connectivity index (χ1v) is 6.90. The number of rotatable bonds is 2. The van der Waals surface area contributed by atoms with Crippen LogP contribution in [0.15, 0.2) is 54.6 Å². The highest BCUT2D eigenvalue weighted by atomic mass is 32.1. The molecule has 0 saturated heterocycles. The molecule has 96 valence electrons. The number of para-hydroxylation sites is 1. The van der Waals surface area contributed by atoms with E-state index in [1.807, 2.05) is 30.3 Å². The van der Waals surface area contributed by atoms with E-state index >= 15 is 0 Å². The molecule has 0 bridgehead atoms. The summed E-state index contributed by atoms with van der Waals surface area (Å²) in [6.45, 7) is 0.886. The Morgan fingerprint density at radius 1 is 1.00 bits per heavy atom. The van der Waals surface area contributed by atoms with E-state index in [-0.39, 0.29) is 6.04 Å². The molecule has 1 aliphatic heterocycles. The topological polar surface area (TPSA) is 24.1 Å². The van der Waals surface area contributed by atoms with Gasteiger partial charge in [-0.1, -0.05) is 54.7 Å². The molecule has 3 rings (SSSR count).